The van der Waals surface area contributed by atoms with Gasteiger partial charge in [0.15, 0.2) is 17.7 Å². The fourth-order valence-electron chi connectivity index (χ4n) is 2.62. The number of carbonyl (C=O) groups excluding carboxylic acids is 1. The van der Waals surface area contributed by atoms with Gasteiger partial charge in [-0.15, -0.1) is 0 Å². The summed E-state index contributed by atoms with van der Waals surface area (Å²) in [7, 11) is 0. The lowest BCUT2D eigenvalue weighted by atomic mass is 10.0. The van der Waals surface area contributed by atoms with Crippen LogP contribution in [0.5, 0.6) is 5.75 Å². The first-order valence-corrected chi connectivity index (χ1v) is 8.43. The second kappa shape index (κ2) is 8.48. The summed E-state index contributed by atoms with van der Waals surface area (Å²) in [6.45, 7) is 5.95. The highest BCUT2D eigenvalue weighted by atomic mass is 19.1. The van der Waals surface area contributed by atoms with Gasteiger partial charge in [0.25, 0.3) is 5.91 Å². The summed E-state index contributed by atoms with van der Waals surface area (Å²) in [5.41, 5.74) is 3.02. The van der Waals surface area contributed by atoms with E-state index < -0.39 is 11.9 Å². The maximum absolute atomic E-state index is 13.8. The normalized spacial score (nSPS) is 11.8. The number of nitrogens with one attached hydrogen (secondary N) is 1. The quantitative estimate of drug-likeness (QED) is 0.796. The van der Waals surface area contributed by atoms with Gasteiger partial charge >= 0.3 is 0 Å². The van der Waals surface area contributed by atoms with Crippen molar-refractivity contribution in [1.82, 2.24) is 0 Å². The number of hydrogen-bond acceptors (Lipinski definition) is 2. The Morgan fingerprint density at radius 2 is 1.67 bits per heavy atom. The Hall–Kier alpha value is -2.36. The number of rotatable bonds is 7. The number of para-hydroxylation sites is 2. The van der Waals surface area contributed by atoms with E-state index in [1.54, 1.807) is 12.1 Å². The third-order valence-corrected chi connectivity index (χ3v) is 4.02. The average molecular weight is 329 g/mol. The van der Waals surface area contributed by atoms with E-state index in [1.807, 2.05) is 25.1 Å². The van der Waals surface area contributed by atoms with Gasteiger partial charge in [-0.3, -0.25) is 4.79 Å². The summed E-state index contributed by atoms with van der Waals surface area (Å²) in [5.74, 6) is -0.623. The van der Waals surface area contributed by atoms with Gasteiger partial charge in [0.1, 0.15) is 0 Å². The molecule has 2 aromatic carbocycles. The van der Waals surface area contributed by atoms with E-state index in [0.29, 0.717) is 6.42 Å². The summed E-state index contributed by atoms with van der Waals surface area (Å²) in [6.07, 6.45) is 1.37. The van der Waals surface area contributed by atoms with Crippen LogP contribution in [0, 0.1) is 5.82 Å². The molecule has 0 heterocycles. The minimum atomic E-state index is -0.739. The van der Waals surface area contributed by atoms with Gasteiger partial charge in [-0.1, -0.05) is 51.1 Å². The van der Waals surface area contributed by atoms with Crippen LogP contribution in [0.25, 0.3) is 0 Å². The van der Waals surface area contributed by atoms with Crippen molar-refractivity contribution in [3.8, 4) is 5.75 Å². The lowest BCUT2D eigenvalue weighted by Crippen LogP contribution is -2.33. The van der Waals surface area contributed by atoms with Gasteiger partial charge in [0.2, 0.25) is 0 Å². The van der Waals surface area contributed by atoms with Crippen LogP contribution in [0.3, 0.4) is 0 Å². The summed E-state index contributed by atoms with van der Waals surface area (Å²) in [5, 5.41) is 2.99. The summed E-state index contributed by atoms with van der Waals surface area (Å²) in [6, 6.07) is 12.1. The van der Waals surface area contributed by atoms with E-state index in [4.69, 9.17) is 4.74 Å². The number of amides is 1. The molecule has 128 valence electrons. The second-order valence-electron chi connectivity index (χ2n) is 5.59. The minimum absolute atomic E-state index is 0.0963. The highest BCUT2D eigenvalue weighted by Gasteiger charge is 2.21. The van der Waals surface area contributed by atoms with Crippen LogP contribution in [0.2, 0.25) is 0 Å². The van der Waals surface area contributed by atoms with E-state index in [2.05, 4.69) is 19.2 Å². The van der Waals surface area contributed by atoms with Gasteiger partial charge < -0.3 is 10.1 Å². The van der Waals surface area contributed by atoms with Crippen LogP contribution >= 0.6 is 0 Å². The first-order chi connectivity index (χ1) is 11.6. The molecule has 0 saturated carbocycles. The lowest BCUT2D eigenvalue weighted by molar-refractivity contribution is -0.122. The Bertz CT molecular complexity index is 678. The molecule has 2 rings (SSSR count). The summed E-state index contributed by atoms with van der Waals surface area (Å²) < 4.78 is 19.3. The molecule has 0 aliphatic carbocycles. The van der Waals surface area contributed by atoms with E-state index >= 15 is 0 Å². The SMILES string of the molecule is CCc1cccc(CC)c1NC(=O)[C@H](CC)Oc1ccccc1F. The number of benzene rings is 2. The Kier molecular flexibility index (Phi) is 6.36. The lowest BCUT2D eigenvalue weighted by Gasteiger charge is -2.20. The van der Waals surface area contributed by atoms with Crippen molar-refractivity contribution in [2.24, 2.45) is 0 Å². The summed E-state index contributed by atoms with van der Waals surface area (Å²) >= 11 is 0. The fourth-order valence-corrected chi connectivity index (χ4v) is 2.62. The molecule has 1 amide bonds. The largest absolute Gasteiger partial charge is 0.478 e. The Morgan fingerprint density at radius 3 is 2.21 bits per heavy atom. The molecule has 0 saturated heterocycles. The monoisotopic (exact) mass is 329 g/mol. The van der Waals surface area contributed by atoms with Crippen LogP contribution in [-0.4, -0.2) is 12.0 Å². The number of ether oxygens (including phenoxy) is 1. The van der Waals surface area contributed by atoms with Crippen molar-refractivity contribution in [3.05, 3.63) is 59.4 Å². The maximum Gasteiger partial charge on any atom is 0.265 e. The first kappa shape index (κ1) is 18.0. The molecule has 1 atom stereocenters. The zero-order valence-corrected chi connectivity index (χ0v) is 14.4. The van der Waals surface area contributed by atoms with Gasteiger partial charge in [0.05, 0.1) is 0 Å². The fraction of sp³-hybridized carbons (Fsp3) is 0.350. The molecular formula is C20H24FNO2. The molecule has 4 heteroatoms. The van der Waals surface area contributed by atoms with Crippen molar-refractivity contribution >= 4 is 11.6 Å². The molecule has 0 aliphatic rings. The molecule has 0 radical (unpaired) electrons. The van der Waals surface area contributed by atoms with Crippen LogP contribution in [0.15, 0.2) is 42.5 Å². The van der Waals surface area contributed by atoms with E-state index in [1.165, 1.54) is 12.1 Å². The third-order valence-electron chi connectivity index (χ3n) is 4.02. The van der Waals surface area contributed by atoms with Crippen LogP contribution in [-0.2, 0) is 17.6 Å². The Labute approximate surface area is 142 Å². The van der Waals surface area contributed by atoms with Crippen molar-refractivity contribution in [2.45, 2.75) is 46.1 Å². The van der Waals surface area contributed by atoms with Crippen LogP contribution < -0.4 is 10.1 Å². The molecule has 0 bridgehead atoms. The van der Waals surface area contributed by atoms with Gasteiger partial charge in [0, 0.05) is 5.69 Å². The standard InChI is InChI=1S/C20H24FNO2/c1-4-14-10-9-11-15(5-2)19(14)22-20(23)17(6-3)24-18-13-8-7-12-16(18)21/h7-13,17H,4-6H2,1-3H3,(H,22,23)/t17-/m0/s1. The molecule has 3 nitrogen and oxygen atoms in total. The topological polar surface area (TPSA) is 38.3 Å². The van der Waals surface area contributed by atoms with E-state index in [9.17, 15) is 9.18 Å². The number of aryl methyl sites for hydroxylation is 2. The van der Waals surface area contributed by atoms with Gasteiger partial charge in [-0.25, -0.2) is 4.39 Å². The zero-order valence-electron chi connectivity index (χ0n) is 14.4. The Balaban J connectivity index is 2.20. The number of anilines is 1. The van der Waals surface area contributed by atoms with E-state index in [0.717, 1.165) is 29.7 Å². The smallest absolute Gasteiger partial charge is 0.265 e. The highest BCUT2D eigenvalue weighted by Crippen LogP contribution is 2.24. The molecule has 0 aliphatic heterocycles. The van der Waals surface area contributed by atoms with Crippen LogP contribution in [0.4, 0.5) is 10.1 Å². The van der Waals surface area contributed by atoms with Gasteiger partial charge in [-0.2, -0.15) is 0 Å². The Morgan fingerprint density at radius 1 is 1.04 bits per heavy atom. The summed E-state index contributed by atoms with van der Waals surface area (Å²) in [4.78, 5) is 12.6. The molecule has 24 heavy (non-hydrogen) atoms. The zero-order chi connectivity index (χ0) is 17.5. The second-order valence-corrected chi connectivity index (χ2v) is 5.59. The predicted molar refractivity (Wildman–Crippen MR) is 94.9 cm³/mol. The third kappa shape index (κ3) is 4.13. The predicted octanol–water partition coefficient (Wildman–Crippen LogP) is 4.75. The molecular weight excluding hydrogens is 305 g/mol. The highest BCUT2D eigenvalue weighted by molar-refractivity contribution is 5.95. The molecule has 0 unspecified atom stereocenters. The van der Waals surface area contributed by atoms with Crippen molar-refractivity contribution in [1.29, 1.82) is 0 Å². The van der Waals surface area contributed by atoms with Crippen LogP contribution in [0.1, 0.15) is 38.3 Å². The van der Waals surface area contributed by atoms with E-state index in [-0.39, 0.29) is 11.7 Å². The molecule has 2 aromatic rings. The minimum Gasteiger partial charge on any atom is -0.478 e. The average Bonchev–Trinajstić information content (AvgIpc) is 2.61. The number of halogens is 1. The molecule has 0 aromatic heterocycles. The van der Waals surface area contributed by atoms with Crippen molar-refractivity contribution < 1.29 is 13.9 Å². The molecule has 0 spiro atoms. The van der Waals surface area contributed by atoms with Crippen molar-refractivity contribution in [3.63, 3.8) is 0 Å². The van der Waals surface area contributed by atoms with Gasteiger partial charge in [-0.05, 0) is 42.5 Å². The first-order valence-electron chi connectivity index (χ1n) is 8.43. The number of carbonyl (C=O) groups is 1. The molecule has 1 N–H and O–H groups in total. The number of hydrogen-bond donors (Lipinski definition) is 1. The molecule has 0 fully saturated rings. The maximum atomic E-state index is 13.8. The van der Waals surface area contributed by atoms with Crippen molar-refractivity contribution in [2.75, 3.05) is 5.32 Å².